The van der Waals surface area contributed by atoms with Crippen LogP contribution in [0.3, 0.4) is 0 Å². The molecule has 33 heavy (non-hydrogen) atoms. The van der Waals surface area contributed by atoms with Crippen molar-refractivity contribution in [2.45, 2.75) is 31.3 Å². The molecule has 4 heterocycles. The van der Waals surface area contributed by atoms with Gasteiger partial charge in [-0.3, -0.25) is 4.98 Å². The Bertz CT molecular complexity index is 1140. The van der Waals surface area contributed by atoms with Gasteiger partial charge in [0.1, 0.15) is 17.1 Å². The minimum absolute atomic E-state index is 0.633. The van der Waals surface area contributed by atoms with Gasteiger partial charge in [0.05, 0.1) is 12.8 Å². The van der Waals surface area contributed by atoms with E-state index < -0.39 is 5.60 Å². The van der Waals surface area contributed by atoms with E-state index in [9.17, 15) is 5.11 Å². The molecular formula is C27H29N3O3. The molecule has 1 saturated heterocycles. The number of ether oxygens (including phenoxy) is 2. The molecule has 6 heteroatoms. The topological polar surface area (TPSA) is 67.7 Å². The van der Waals surface area contributed by atoms with Crippen molar-refractivity contribution in [1.82, 2.24) is 14.9 Å². The van der Waals surface area contributed by atoms with Gasteiger partial charge in [-0.25, -0.2) is 4.98 Å². The molecule has 5 rings (SSSR count). The number of nitrogens with zero attached hydrogens (tertiary/aromatic N) is 3. The summed E-state index contributed by atoms with van der Waals surface area (Å²) in [7, 11) is 1.69. The molecule has 3 aromatic rings. The molecule has 0 aliphatic carbocycles. The maximum absolute atomic E-state index is 11.0. The third-order valence-electron chi connectivity index (χ3n) is 6.66. The van der Waals surface area contributed by atoms with Gasteiger partial charge >= 0.3 is 0 Å². The van der Waals surface area contributed by atoms with Crippen LogP contribution in [0.2, 0.25) is 0 Å². The average Bonchev–Trinajstić information content (AvgIpc) is 3.02. The van der Waals surface area contributed by atoms with Crippen LogP contribution < -0.4 is 9.47 Å². The Morgan fingerprint density at radius 3 is 2.70 bits per heavy atom. The molecule has 1 N–H and O–H groups in total. The van der Waals surface area contributed by atoms with Crippen molar-refractivity contribution in [3.8, 4) is 17.4 Å². The number of pyridine rings is 2. The van der Waals surface area contributed by atoms with Crippen molar-refractivity contribution >= 4 is 5.57 Å². The van der Waals surface area contributed by atoms with Gasteiger partial charge in [-0.15, -0.1) is 0 Å². The van der Waals surface area contributed by atoms with Crippen LogP contribution in [0.5, 0.6) is 17.4 Å². The van der Waals surface area contributed by atoms with E-state index in [1.807, 2.05) is 42.5 Å². The summed E-state index contributed by atoms with van der Waals surface area (Å²) in [5, 5.41) is 11.0. The van der Waals surface area contributed by atoms with Gasteiger partial charge in [0.25, 0.3) is 0 Å². The Morgan fingerprint density at radius 1 is 1.06 bits per heavy atom. The van der Waals surface area contributed by atoms with Gasteiger partial charge in [0, 0.05) is 49.6 Å². The summed E-state index contributed by atoms with van der Waals surface area (Å²) < 4.78 is 11.8. The molecule has 2 aromatic heterocycles. The number of rotatable bonds is 5. The van der Waals surface area contributed by atoms with Crippen LogP contribution in [-0.4, -0.2) is 46.7 Å². The van der Waals surface area contributed by atoms with Crippen LogP contribution in [0.25, 0.3) is 5.57 Å². The molecule has 170 valence electrons. The lowest BCUT2D eigenvalue weighted by molar-refractivity contribution is -0.0288. The Labute approximate surface area is 194 Å². The number of aliphatic hydroxyl groups is 1. The summed E-state index contributed by atoms with van der Waals surface area (Å²) in [4.78, 5) is 11.3. The van der Waals surface area contributed by atoms with Gasteiger partial charge in [-0.2, -0.15) is 0 Å². The van der Waals surface area contributed by atoms with Crippen molar-refractivity contribution in [3.63, 3.8) is 0 Å². The minimum atomic E-state index is -0.820. The van der Waals surface area contributed by atoms with Crippen molar-refractivity contribution in [2.75, 3.05) is 26.7 Å². The van der Waals surface area contributed by atoms with E-state index in [2.05, 4.69) is 27.0 Å². The monoisotopic (exact) mass is 443 g/mol. The fraction of sp³-hybridized carbons (Fsp3) is 0.333. The largest absolute Gasteiger partial charge is 0.496 e. The van der Waals surface area contributed by atoms with E-state index in [-0.39, 0.29) is 0 Å². The molecule has 0 amide bonds. The van der Waals surface area contributed by atoms with Gasteiger partial charge in [-0.05, 0) is 61.2 Å². The smallest absolute Gasteiger partial charge is 0.226 e. The van der Waals surface area contributed by atoms with Crippen LogP contribution in [0.1, 0.15) is 36.1 Å². The first-order chi connectivity index (χ1) is 16.2. The minimum Gasteiger partial charge on any atom is -0.496 e. The lowest BCUT2D eigenvalue weighted by atomic mass is 9.87. The second-order valence-electron chi connectivity index (χ2n) is 8.68. The van der Waals surface area contributed by atoms with Crippen molar-refractivity contribution < 1.29 is 14.6 Å². The van der Waals surface area contributed by atoms with Crippen molar-refractivity contribution in [1.29, 1.82) is 0 Å². The number of methoxy groups -OCH3 is 1. The number of allylic oxidation sites excluding steroid dienone is 1. The van der Waals surface area contributed by atoms with Gasteiger partial charge in [0.2, 0.25) is 5.88 Å². The molecule has 6 nitrogen and oxygen atoms in total. The quantitative estimate of drug-likeness (QED) is 0.622. The van der Waals surface area contributed by atoms with E-state index in [0.29, 0.717) is 18.7 Å². The van der Waals surface area contributed by atoms with E-state index in [4.69, 9.17) is 9.47 Å². The molecular weight excluding hydrogens is 414 g/mol. The summed E-state index contributed by atoms with van der Waals surface area (Å²) in [6, 6.07) is 15.6. The van der Waals surface area contributed by atoms with Gasteiger partial charge in [0.15, 0.2) is 0 Å². The standard InChI is InChI=1S/C27H29N3O3/c1-32-23-9-4-10-24-22(23)19-20(21-8-5-15-29-26(21)33-24)7-6-16-30-17-12-27(31,13-18-30)25-11-2-3-14-28-25/h2-5,7-11,14-15,31H,6,12-13,16-19H2,1H3/b20-7-. The van der Waals surface area contributed by atoms with E-state index in [0.717, 1.165) is 60.8 Å². The highest BCUT2D eigenvalue weighted by Gasteiger charge is 2.34. The van der Waals surface area contributed by atoms with Crippen molar-refractivity contribution in [2.24, 2.45) is 0 Å². The summed E-state index contributed by atoms with van der Waals surface area (Å²) in [5.41, 5.74) is 3.23. The highest BCUT2D eigenvalue weighted by molar-refractivity contribution is 5.74. The molecule has 1 fully saturated rings. The molecule has 0 saturated carbocycles. The molecule has 0 radical (unpaired) electrons. The molecule has 0 spiro atoms. The normalized spacial score (nSPS) is 18.7. The first-order valence-corrected chi connectivity index (χ1v) is 11.5. The predicted molar refractivity (Wildman–Crippen MR) is 127 cm³/mol. The molecule has 2 aliphatic rings. The summed E-state index contributed by atoms with van der Waals surface area (Å²) in [5.74, 6) is 2.26. The molecule has 0 bridgehead atoms. The second-order valence-corrected chi connectivity index (χ2v) is 8.68. The summed E-state index contributed by atoms with van der Waals surface area (Å²) >= 11 is 0. The maximum atomic E-state index is 11.0. The lowest BCUT2D eigenvalue weighted by Crippen LogP contribution is -2.43. The predicted octanol–water partition coefficient (Wildman–Crippen LogP) is 4.59. The molecule has 1 aromatic carbocycles. The highest BCUT2D eigenvalue weighted by Crippen LogP contribution is 2.41. The SMILES string of the molecule is COc1cccc2c1C/C(=C/CCN1CCC(O)(c3ccccn3)CC1)c1cccnc1O2. The Morgan fingerprint density at radius 2 is 1.91 bits per heavy atom. The number of aromatic nitrogens is 2. The van der Waals surface area contributed by atoms with Crippen LogP contribution >= 0.6 is 0 Å². The molecule has 0 unspecified atom stereocenters. The lowest BCUT2D eigenvalue weighted by Gasteiger charge is -2.37. The average molecular weight is 444 g/mol. The van der Waals surface area contributed by atoms with Crippen LogP contribution in [0.15, 0.2) is 67.0 Å². The Hall–Kier alpha value is -3.22. The fourth-order valence-electron chi connectivity index (χ4n) is 4.76. The number of likely N-dealkylation sites (tertiary alicyclic amines) is 1. The Balaban J connectivity index is 1.29. The van der Waals surface area contributed by atoms with Crippen LogP contribution in [0.4, 0.5) is 0 Å². The number of piperidine rings is 1. The molecule has 2 aliphatic heterocycles. The van der Waals surface area contributed by atoms with Gasteiger partial charge in [-0.1, -0.05) is 18.2 Å². The fourth-order valence-corrected chi connectivity index (χ4v) is 4.76. The number of hydrogen-bond donors (Lipinski definition) is 1. The van der Waals surface area contributed by atoms with Crippen molar-refractivity contribution in [3.05, 3.63) is 83.8 Å². The number of fused-ring (bicyclic) bond motifs is 2. The zero-order chi connectivity index (χ0) is 22.7. The molecule has 0 atom stereocenters. The highest BCUT2D eigenvalue weighted by atomic mass is 16.5. The Kier molecular flexibility index (Phi) is 6.11. The van der Waals surface area contributed by atoms with E-state index >= 15 is 0 Å². The second kappa shape index (κ2) is 9.33. The van der Waals surface area contributed by atoms with Crippen LogP contribution in [-0.2, 0) is 12.0 Å². The zero-order valence-electron chi connectivity index (χ0n) is 18.9. The summed E-state index contributed by atoms with van der Waals surface area (Å²) in [6.45, 7) is 2.65. The first-order valence-electron chi connectivity index (χ1n) is 11.5. The van der Waals surface area contributed by atoms with Gasteiger partial charge < -0.3 is 19.5 Å². The summed E-state index contributed by atoms with van der Waals surface area (Å²) in [6.07, 6.45) is 8.86. The third-order valence-corrected chi connectivity index (χ3v) is 6.66. The van der Waals surface area contributed by atoms with E-state index in [1.165, 1.54) is 5.57 Å². The van der Waals surface area contributed by atoms with Crippen LogP contribution in [0, 0.1) is 0 Å². The maximum Gasteiger partial charge on any atom is 0.226 e. The van der Waals surface area contributed by atoms with E-state index in [1.54, 1.807) is 19.5 Å². The first kappa shape index (κ1) is 21.6. The number of benzene rings is 1. The zero-order valence-corrected chi connectivity index (χ0v) is 18.9. The number of hydrogen-bond acceptors (Lipinski definition) is 6. The third kappa shape index (κ3) is 4.49.